The summed E-state index contributed by atoms with van der Waals surface area (Å²) in [6.07, 6.45) is 1.80. The van der Waals surface area contributed by atoms with E-state index in [2.05, 4.69) is 21.3 Å². The van der Waals surface area contributed by atoms with E-state index in [4.69, 9.17) is 23.8 Å². The molecule has 6 nitrogen and oxygen atoms in total. The quantitative estimate of drug-likeness (QED) is 0.739. The zero-order valence-corrected chi connectivity index (χ0v) is 11.6. The third-order valence-electron chi connectivity index (χ3n) is 2.80. The molecule has 0 bridgehead atoms. The van der Waals surface area contributed by atoms with E-state index in [0.717, 1.165) is 11.3 Å². The number of hydrazone groups is 1. The van der Waals surface area contributed by atoms with Gasteiger partial charge in [-0.2, -0.15) is 0 Å². The van der Waals surface area contributed by atoms with Crippen LogP contribution in [0.1, 0.15) is 5.56 Å². The van der Waals surface area contributed by atoms with E-state index in [1.54, 1.807) is 15.9 Å². The Labute approximate surface area is 119 Å². The molecule has 1 aliphatic heterocycles. The van der Waals surface area contributed by atoms with Gasteiger partial charge < -0.3 is 0 Å². The van der Waals surface area contributed by atoms with Crippen LogP contribution >= 0.6 is 23.8 Å². The molecule has 1 aliphatic rings. The summed E-state index contributed by atoms with van der Waals surface area (Å²) in [6.45, 7) is 0. The van der Waals surface area contributed by atoms with Crippen LogP contribution in [0.4, 0.5) is 0 Å². The monoisotopic (exact) mass is 294 g/mol. The summed E-state index contributed by atoms with van der Waals surface area (Å²) in [7, 11) is 1.85. The number of hydrazine groups is 2. The van der Waals surface area contributed by atoms with Crippen molar-refractivity contribution < 1.29 is 0 Å². The van der Waals surface area contributed by atoms with Crippen molar-refractivity contribution in [2.75, 3.05) is 7.05 Å². The lowest BCUT2D eigenvalue weighted by Gasteiger charge is -2.10. The standard InChI is InChI=1S/C11H11ClN6S/c1-17-10(14-15-16-17)7-6-13-18(11(7)19)9-5-3-2-4-8(9)12/h2-6,13,15-16H,1H3. The number of halogens is 1. The molecule has 0 saturated carbocycles. The van der Waals surface area contributed by atoms with Gasteiger partial charge >= 0.3 is 0 Å². The number of aromatic nitrogens is 2. The van der Waals surface area contributed by atoms with Gasteiger partial charge in [0.15, 0.2) is 5.84 Å². The molecule has 19 heavy (non-hydrogen) atoms. The molecule has 3 N–H and O–H groups in total. The second kappa shape index (κ2) is 4.69. The van der Waals surface area contributed by atoms with Crippen LogP contribution in [0.3, 0.4) is 0 Å². The van der Waals surface area contributed by atoms with E-state index in [-0.39, 0.29) is 0 Å². The highest BCUT2D eigenvalue weighted by Gasteiger charge is 2.19. The second-order valence-electron chi connectivity index (χ2n) is 4.00. The van der Waals surface area contributed by atoms with Gasteiger partial charge in [-0.05, 0) is 12.1 Å². The maximum atomic E-state index is 6.18. The molecule has 0 unspecified atom stereocenters. The number of hydrogen-bond donors (Lipinski definition) is 3. The Morgan fingerprint density at radius 3 is 2.79 bits per heavy atom. The summed E-state index contributed by atoms with van der Waals surface area (Å²) in [5.74, 6) is 0.715. The van der Waals surface area contributed by atoms with Crippen LogP contribution in [-0.4, -0.2) is 27.7 Å². The van der Waals surface area contributed by atoms with Gasteiger partial charge in [0.2, 0.25) is 0 Å². The molecule has 0 fully saturated rings. The number of benzene rings is 1. The zero-order valence-electron chi connectivity index (χ0n) is 10.0. The Hall–Kier alpha value is -1.83. The van der Waals surface area contributed by atoms with Crippen molar-refractivity contribution in [2.45, 2.75) is 0 Å². The minimum atomic E-state index is 0.615. The molecule has 1 aromatic carbocycles. The number of para-hydroxylation sites is 1. The first-order valence-corrected chi connectivity index (χ1v) is 6.35. The van der Waals surface area contributed by atoms with Gasteiger partial charge in [0.25, 0.3) is 0 Å². The van der Waals surface area contributed by atoms with Crippen LogP contribution in [0, 0.1) is 4.64 Å². The van der Waals surface area contributed by atoms with Gasteiger partial charge in [0.1, 0.15) is 4.64 Å². The van der Waals surface area contributed by atoms with Gasteiger partial charge in [0.05, 0.1) is 16.3 Å². The van der Waals surface area contributed by atoms with E-state index >= 15 is 0 Å². The van der Waals surface area contributed by atoms with E-state index < -0.39 is 0 Å². The fourth-order valence-electron chi connectivity index (χ4n) is 1.86. The van der Waals surface area contributed by atoms with Crippen LogP contribution in [0.2, 0.25) is 5.02 Å². The zero-order chi connectivity index (χ0) is 13.4. The van der Waals surface area contributed by atoms with Crippen molar-refractivity contribution in [3.63, 3.8) is 0 Å². The molecule has 2 heterocycles. The molecule has 0 aliphatic carbocycles. The molecule has 0 amide bonds. The van der Waals surface area contributed by atoms with Crippen molar-refractivity contribution in [3.05, 3.63) is 45.7 Å². The minimum absolute atomic E-state index is 0.615. The normalized spacial score (nSPS) is 14.4. The van der Waals surface area contributed by atoms with Crippen molar-refractivity contribution in [1.82, 2.24) is 25.9 Å². The number of hydrogen-bond acceptors (Lipinski definition) is 5. The van der Waals surface area contributed by atoms with Crippen LogP contribution < -0.4 is 11.1 Å². The topological polar surface area (TPSA) is 60.4 Å². The van der Waals surface area contributed by atoms with E-state index in [1.165, 1.54) is 0 Å². The predicted molar refractivity (Wildman–Crippen MR) is 76.5 cm³/mol. The van der Waals surface area contributed by atoms with Gasteiger partial charge in [-0.1, -0.05) is 36.0 Å². The van der Waals surface area contributed by atoms with Gasteiger partial charge in [-0.25, -0.2) is 10.2 Å². The van der Waals surface area contributed by atoms with E-state index in [1.807, 2.05) is 31.3 Å². The number of nitrogens with zero attached hydrogens (tertiary/aromatic N) is 3. The van der Waals surface area contributed by atoms with Crippen molar-refractivity contribution in [3.8, 4) is 5.69 Å². The maximum absolute atomic E-state index is 6.18. The number of nitrogens with one attached hydrogen (secondary N) is 3. The van der Waals surface area contributed by atoms with Gasteiger partial charge in [-0.15, -0.1) is 10.6 Å². The average molecular weight is 295 g/mol. The van der Waals surface area contributed by atoms with Gasteiger partial charge in [-0.3, -0.25) is 10.1 Å². The smallest absolute Gasteiger partial charge is 0.177 e. The Morgan fingerprint density at radius 2 is 2.11 bits per heavy atom. The molecule has 8 heteroatoms. The Bertz CT molecular complexity index is 703. The highest BCUT2D eigenvalue weighted by atomic mass is 35.5. The van der Waals surface area contributed by atoms with Crippen molar-refractivity contribution in [1.29, 1.82) is 0 Å². The van der Waals surface area contributed by atoms with Crippen LogP contribution in [0.5, 0.6) is 0 Å². The molecule has 98 valence electrons. The molecule has 0 spiro atoms. The highest BCUT2D eigenvalue weighted by Crippen LogP contribution is 2.21. The molecule has 0 saturated heterocycles. The van der Waals surface area contributed by atoms with Crippen LogP contribution in [0.15, 0.2) is 35.6 Å². The fraction of sp³-hybridized carbons (Fsp3) is 0.0909. The molecule has 2 aromatic rings. The Kier molecular flexibility index (Phi) is 3.02. The maximum Gasteiger partial charge on any atom is 0.177 e. The first kappa shape index (κ1) is 12.2. The lowest BCUT2D eigenvalue weighted by atomic mass is 10.3. The summed E-state index contributed by atoms with van der Waals surface area (Å²) >= 11 is 11.6. The molecular weight excluding hydrogens is 284 g/mol. The van der Waals surface area contributed by atoms with Gasteiger partial charge in [0, 0.05) is 13.2 Å². The van der Waals surface area contributed by atoms with E-state index in [0.29, 0.717) is 15.5 Å². The lowest BCUT2D eigenvalue weighted by Crippen LogP contribution is -2.37. The summed E-state index contributed by atoms with van der Waals surface area (Å²) in [5, 5.41) is 9.59. The van der Waals surface area contributed by atoms with Crippen LogP contribution in [0.25, 0.3) is 5.69 Å². The average Bonchev–Trinajstić information content (AvgIpc) is 2.96. The molecule has 0 atom stereocenters. The first-order valence-electron chi connectivity index (χ1n) is 5.56. The van der Waals surface area contributed by atoms with E-state index in [9.17, 15) is 0 Å². The predicted octanol–water partition coefficient (Wildman–Crippen LogP) is 1.80. The third kappa shape index (κ3) is 2.01. The number of amidine groups is 1. The summed E-state index contributed by atoms with van der Waals surface area (Å²) in [6, 6.07) is 7.50. The molecule has 0 radical (unpaired) electrons. The number of aromatic amines is 1. The fourth-order valence-corrected chi connectivity index (χ4v) is 2.39. The molecular formula is C11H11ClN6S. The largest absolute Gasteiger partial charge is 0.299 e. The van der Waals surface area contributed by atoms with Crippen molar-refractivity contribution >= 4 is 29.7 Å². The summed E-state index contributed by atoms with van der Waals surface area (Å²) in [5.41, 5.74) is 7.14. The summed E-state index contributed by atoms with van der Waals surface area (Å²) < 4.78 is 2.37. The highest BCUT2D eigenvalue weighted by molar-refractivity contribution is 7.71. The van der Waals surface area contributed by atoms with Crippen LogP contribution in [-0.2, 0) is 0 Å². The minimum Gasteiger partial charge on any atom is -0.299 e. The first-order chi connectivity index (χ1) is 9.18. The lowest BCUT2D eigenvalue weighted by molar-refractivity contribution is 0.349. The summed E-state index contributed by atoms with van der Waals surface area (Å²) in [4.78, 5) is 0. The number of H-pyrrole nitrogens is 1. The Balaban J connectivity index is 2.10. The molecule has 3 rings (SSSR count). The third-order valence-corrected chi connectivity index (χ3v) is 3.53. The van der Waals surface area contributed by atoms with Crippen molar-refractivity contribution in [2.24, 2.45) is 5.10 Å². The SMILES string of the molecule is CN1NNN=C1c1c[nH]n(-c2ccccc2Cl)c1=S. The second-order valence-corrected chi connectivity index (χ2v) is 4.79. The molecule has 1 aromatic heterocycles. The Morgan fingerprint density at radius 1 is 1.32 bits per heavy atom. The number of rotatable bonds is 2.